The molecule has 154 valence electrons. The van der Waals surface area contributed by atoms with Crippen molar-refractivity contribution in [1.82, 2.24) is 4.90 Å². The summed E-state index contributed by atoms with van der Waals surface area (Å²) in [5.74, 6) is -1.26. The Morgan fingerprint density at radius 3 is 2.38 bits per heavy atom. The minimum absolute atomic E-state index is 0.107. The summed E-state index contributed by atoms with van der Waals surface area (Å²) in [6.07, 6.45) is 0.676. The lowest BCUT2D eigenvalue weighted by Gasteiger charge is -2.28. The summed E-state index contributed by atoms with van der Waals surface area (Å²) in [5.41, 5.74) is 3.16. The Balaban J connectivity index is 2.00. The van der Waals surface area contributed by atoms with Crippen LogP contribution in [0.4, 0.5) is 5.69 Å². The lowest BCUT2D eigenvalue weighted by atomic mass is 10.1. The average molecular weight is 396 g/mol. The Kier molecular flexibility index (Phi) is 7.95. The van der Waals surface area contributed by atoms with Gasteiger partial charge < -0.3 is 15.0 Å². The summed E-state index contributed by atoms with van der Waals surface area (Å²) in [7, 11) is 0. The maximum absolute atomic E-state index is 12.7. The van der Waals surface area contributed by atoms with Gasteiger partial charge in [-0.05, 0) is 56.5 Å². The molecule has 0 heterocycles. The molecule has 0 unspecified atom stereocenters. The molecule has 0 fully saturated rings. The summed E-state index contributed by atoms with van der Waals surface area (Å²) >= 11 is 0. The summed E-state index contributed by atoms with van der Waals surface area (Å²) < 4.78 is 5.14. The van der Waals surface area contributed by atoms with Crippen LogP contribution in [0.3, 0.4) is 0 Å². The molecule has 0 aliphatic rings. The molecule has 0 aromatic heterocycles. The third-order valence-corrected chi connectivity index (χ3v) is 4.97. The van der Waals surface area contributed by atoms with Gasteiger partial charge in [-0.3, -0.25) is 9.59 Å². The second kappa shape index (κ2) is 10.4. The number of carbonyl (C=O) groups excluding carboxylic acids is 3. The summed E-state index contributed by atoms with van der Waals surface area (Å²) in [6, 6.07) is 14.0. The van der Waals surface area contributed by atoms with Crippen LogP contribution in [-0.2, 0) is 14.3 Å². The number of hydrogen-bond acceptors (Lipinski definition) is 4. The minimum Gasteiger partial charge on any atom is -0.452 e. The molecule has 2 aromatic carbocycles. The van der Waals surface area contributed by atoms with Crippen molar-refractivity contribution in [3.05, 3.63) is 65.2 Å². The van der Waals surface area contributed by atoms with Crippen molar-refractivity contribution < 1.29 is 19.1 Å². The Labute approximate surface area is 171 Å². The summed E-state index contributed by atoms with van der Waals surface area (Å²) in [6.45, 7) is 7.19. The van der Waals surface area contributed by atoms with Gasteiger partial charge in [0.2, 0.25) is 5.91 Å². The van der Waals surface area contributed by atoms with Gasteiger partial charge in [-0.2, -0.15) is 0 Å². The minimum atomic E-state index is -0.567. The molecule has 0 saturated carbocycles. The van der Waals surface area contributed by atoms with Crippen molar-refractivity contribution in [2.75, 3.05) is 18.5 Å². The molecule has 0 radical (unpaired) electrons. The molecular weight excluding hydrogens is 368 g/mol. The summed E-state index contributed by atoms with van der Waals surface area (Å²) in [5, 5.41) is 2.87. The zero-order chi connectivity index (χ0) is 21.4. The number of aryl methyl sites for hydroxylation is 1. The van der Waals surface area contributed by atoms with Crippen LogP contribution in [0.25, 0.3) is 0 Å². The highest BCUT2D eigenvalue weighted by molar-refractivity contribution is 5.96. The van der Waals surface area contributed by atoms with Crippen LogP contribution in [-0.4, -0.2) is 41.9 Å². The Morgan fingerprint density at radius 2 is 1.72 bits per heavy atom. The van der Waals surface area contributed by atoms with E-state index in [1.165, 1.54) is 4.90 Å². The van der Waals surface area contributed by atoms with Crippen LogP contribution >= 0.6 is 0 Å². The number of esters is 1. The van der Waals surface area contributed by atoms with E-state index in [1.807, 2.05) is 45.9 Å². The third-order valence-electron chi connectivity index (χ3n) is 4.97. The number of anilines is 1. The molecule has 0 saturated heterocycles. The van der Waals surface area contributed by atoms with E-state index >= 15 is 0 Å². The topological polar surface area (TPSA) is 75.7 Å². The molecule has 0 aliphatic carbocycles. The zero-order valence-electron chi connectivity index (χ0n) is 17.4. The van der Waals surface area contributed by atoms with E-state index in [-0.39, 0.29) is 18.5 Å². The Bertz CT molecular complexity index is 864. The fraction of sp³-hybridized carbons (Fsp3) is 0.348. The molecule has 6 nitrogen and oxygen atoms in total. The predicted molar refractivity (Wildman–Crippen MR) is 113 cm³/mol. The first kappa shape index (κ1) is 22.1. The van der Waals surface area contributed by atoms with Crippen LogP contribution in [0.1, 0.15) is 41.8 Å². The first-order valence-electron chi connectivity index (χ1n) is 9.71. The molecule has 2 amide bonds. The lowest BCUT2D eigenvalue weighted by Crippen LogP contribution is -2.45. The van der Waals surface area contributed by atoms with Gasteiger partial charge in [-0.15, -0.1) is 0 Å². The van der Waals surface area contributed by atoms with Gasteiger partial charge in [-0.25, -0.2) is 4.79 Å². The van der Waals surface area contributed by atoms with Gasteiger partial charge >= 0.3 is 5.97 Å². The molecular formula is C23H28N2O4. The summed E-state index contributed by atoms with van der Waals surface area (Å²) in [4.78, 5) is 38.7. The van der Waals surface area contributed by atoms with Gasteiger partial charge in [0, 0.05) is 11.7 Å². The second-order valence-corrected chi connectivity index (χ2v) is 7.02. The second-order valence-electron chi connectivity index (χ2n) is 7.02. The smallest absolute Gasteiger partial charge is 0.338 e. The maximum atomic E-state index is 12.7. The Morgan fingerprint density at radius 1 is 1.03 bits per heavy atom. The van der Waals surface area contributed by atoms with E-state index in [1.54, 1.807) is 30.3 Å². The SMILES string of the molecule is CC[C@H](C)N(CC(=O)Nc1cccc(C)c1C)C(=O)COC(=O)c1ccccc1. The fourth-order valence-electron chi connectivity index (χ4n) is 2.81. The number of nitrogens with zero attached hydrogens (tertiary/aromatic N) is 1. The first-order chi connectivity index (χ1) is 13.8. The van der Waals surface area contributed by atoms with Crippen molar-refractivity contribution in [2.45, 2.75) is 40.2 Å². The van der Waals surface area contributed by atoms with Crippen molar-refractivity contribution in [3.63, 3.8) is 0 Å². The van der Waals surface area contributed by atoms with Crippen LogP contribution in [0.15, 0.2) is 48.5 Å². The molecule has 2 aromatic rings. The van der Waals surface area contributed by atoms with E-state index in [9.17, 15) is 14.4 Å². The molecule has 0 aliphatic heterocycles. The number of rotatable bonds is 8. The number of hydrogen-bond donors (Lipinski definition) is 1. The molecule has 2 rings (SSSR count). The number of carbonyl (C=O) groups is 3. The highest BCUT2D eigenvalue weighted by atomic mass is 16.5. The third kappa shape index (κ3) is 6.17. The maximum Gasteiger partial charge on any atom is 0.338 e. The van der Waals surface area contributed by atoms with Gasteiger partial charge in [0.05, 0.1) is 5.56 Å². The number of nitrogens with one attached hydrogen (secondary N) is 1. The lowest BCUT2D eigenvalue weighted by molar-refractivity contribution is -0.139. The predicted octanol–water partition coefficient (Wildman–Crippen LogP) is 3.73. The van der Waals surface area contributed by atoms with Crippen LogP contribution in [0.2, 0.25) is 0 Å². The first-order valence-corrected chi connectivity index (χ1v) is 9.71. The molecule has 1 N–H and O–H groups in total. The normalized spacial score (nSPS) is 11.4. The highest BCUT2D eigenvalue weighted by Gasteiger charge is 2.23. The molecule has 0 spiro atoms. The van der Waals surface area contributed by atoms with E-state index in [2.05, 4.69) is 5.32 Å². The quantitative estimate of drug-likeness (QED) is 0.690. The Hall–Kier alpha value is -3.15. The monoisotopic (exact) mass is 396 g/mol. The largest absolute Gasteiger partial charge is 0.452 e. The van der Waals surface area contributed by atoms with Gasteiger partial charge in [0.15, 0.2) is 6.61 Å². The van der Waals surface area contributed by atoms with E-state index in [0.717, 1.165) is 16.8 Å². The van der Waals surface area contributed by atoms with Crippen LogP contribution in [0.5, 0.6) is 0 Å². The van der Waals surface area contributed by atoms with Gasteiger partial charge in [0.25, 0.3) is 5.91 Å². The van der Waals surface area contributed by atoms with Crippen molar-refractivity contribution in [3.8, 4) is 0 Å². The van der Waals surface area contributed by atoms with Gasteiger partial charge in [0.1, 0.15) is 6.54 Å². The van der Waals surface area contributed by atoms with E-state index in [4.69, 9.17) is 4.74 Å². The molecule has 1 atom stereocenters. The molecule has 29 heavy (non-hydrogen) atoms. The average Bonchev–Trinajstić information content (AvgIpc) is 2.73. The highest BCUT2D eigenvalue weighted by Crippen LogP contribution is 2.18. The number of ether oxygens (including phenoxy) is 1. The number of amides is 2. The molecule has 6 heteroatoms. The van der Waals surface area contributed by atoms with Crippen molar-refractivity contribution in [1.29, 1.82) is 0 Å². The zero-order valence-corrected chi connectivity index (χ0v) is 17.4. The molecule has 0 bridgehead atoms. The van der Waals surface area contributed by atoms with Gasteiger partial charge in [-0.1, -0.05) is 37.3 Å². The van der Waals surface area contributed by atoms with E-state index in [0.29, 0.717) is 12.0 Å². The van der Waals surface area contributed by atoms with Crippen LogP contribution < -0.4 is 5.32 Å². The number of benzene rings is 2. The van der Waals surface area contributed by atoms with E-state index < -0.39 is 18.5 Å². The van der Waals surface area contributed by atoms with Crippen LogP contribution in [0, 0.1) is 13.8 Å². The van der Waals surface area contributed by atoms with Crippen molar-refractivity contribution >= 4 is 23.5 Å². The standard InChI is InChI=1S/C23H28N2O4/c1-5-17(3)25(14-21(26)24-20-13-9-10-16(2)18(20)4)22(27)15-29-23(28)19-11-7-6-8-12-19/h6-13,17H,5,14-15H2,1-4H3,(H,24,26)/t17-/m0/s1. The fourth-order valence-corrected chi connectivity index (χ4v) is 2.81. The van der Waals surface area contributed by atoms with Crippen molar-refractivity contribution in [2.24, 2.45) is 0 Å².